The molecular weight excluding hydrogens is 100 g/mol. The van der Waals surface area contributed by atoms with Gasteiger partial charge < -0.3 is 0 Å². The first-order valence-electron chi connectivity index (χ1n) is 3.26. The zero-order chi connectivity index (χ0) is 5.40. The van der Waals surface area contributed by atoms with Crippen LogP contribution in [0.4, 0.5) is 0 Å². The van der Waals surface area contributed by atoms with Gasteiger partial charge in [-0.2, -0.15) is 5.10 Å². The summed E-state index contributed by atoms with van der Waals surface area (Å²) in [4.78, 5) is 0. The average Bonchev–Trinajstić information content (AvgIpc) is 2.15. The zero-order valence-corrected chi connectivity index (χ0v) is 4.88. The Morgan fingerprint density at radius 3 is 3.50 bits per heavy atom. The van der Waals surface area contributed by atoms with Crippen molar-refractivity contribution in [2.45, 2.75) is 25.3 Å². The Morgan fingerprint density at radius 1 is 1.62 bits per heavy atom. The van der Waals surface area contributed by atoms with Crippen LogP contribution in [0.5, 0.6) is 0 Å². The van der Waals surface area contributed by atoms with Gasteiger partial charge in [0.25, 0.3) is 0 Å². The molecule has 2 aliphatic heterocycles. The first-order chi connectivity index (χ1) is 3.97. The lowest BCUT2D eigenvalue weighted by Gasteiger charge is -2.11. The molecule has 0 saturated carbocycles. The molecule has 0 spiro atoms. The third-order valence-corrected chi connectivity index (χ3v) is 1.95. The summed E-state index contributed by atoms with van der Waals surface area (Å²) in [5.41, 5.74) is 0. The van der Waals surface area contributed by atoms with Crippen molar-refractivity contribution in [2.24, 2.45) is 5.10 Å². The van der Waals surface area contributed by atoms with Crippen LogP contribution in [-0.4, -0.2) is 23.8 Å². The van der Waals surface area contributed by atoms with E-state index in [0.717, 1.165) is 6.04 Å². The lowest BCUT2D eigenvalue weighted by Crippen LogP contribution is -2.17. The predicted molar refractivity (Wildman–Crippen MR) is 32.8 cm³/mol. The lowest BCUT2D eigenvalue weighted by molar-refractivity contribution is 0.298. The third kappa shape index (κ3) is 0.457. The molecule has 1 unspecified atom stereocenters. The van der Waals surface area contributed by atoms with E-state index in [1.165, 1.54) is 25.8 Å². The highest BCUT2D eigenvalue weighted by molar-refractivity contribution is 5.60. The van der Waals surface area contributed by atoms with Crippen LogP contribution >= 0.6 is 0 Å². The van der Waals surface area contributed by atoms with Gasteiger partial charge in [-0.25, -0.2) is 0 Å². The summed E-state index contributed by atoms with van der Waals surface area (Å²) in [6, 6.07) is 0.787. The predicted octanol–water partition coefficient (Wildman–Crippen LogP) is 0.840. The van der Waals surface area contributed by atoms with E-state index in [1.54, 1.807) is 0 Å². The van der Waals surface area contributed by atoms with Crippen LogP contribution < -0.4 is 0 Å². The molecule has 0 radical (unpaired) electrons. The molecule has 44 valence electrons. The Balaban J connectivity index is 2.13. The Hall–Kier alpha value is -0.530. The Labute approximate surface area is 49.2 Å². The van der Waals surface area contributed by atoms with Gasteiger partial charge in [0.05, 0.1) is 6.04 Å². The zero-order valence-electron chi connectivity index (χ0n) is 4.88. The van der Waals surface area contributed by atoms with Crippen LogP contribution in [0.25, 0.3) is 0 Å². The van der Waals surface area contributed by atoms with E-state index in [-0.39, 0.29) is 0 Å². The molecule has 0 amide bonds. The second kappa shape index (κ2) is 1.47. The highest BCUT2D eigenvalue weighted by Gasteiger charge is 2.24. The smallest absolute Gasteiger partial charge is 0.0521 e. The van der Waals surface area contributed by atoms with Crippen LogP contribution in [0.15, 0.2) is 5.10 Å². The maximum absolute atomic E-state index is 4.21. The second-order valence-electron chi connectivity index (χ2n) is 2.49. The minimum absolute atomic E-state index is 0.787. The minimum Gasteiger partial charge on any atom is -0.294 e. The van der Waals surface area contributed by atoms with Crippen LogP contribution in [0, 0.1) is 0 Å². The normalized spacial score (nSPS) is 34.0. The van der Waals surface area contributed by atoms with Crippen molar-refractivity contribution >= 4 is 6.21 Å². The molecule has 2 rings (SSSR count). The molecule has 1 saturated heterocycles. The minimum atomic E-state index is 0.787. The summed E-state index contributed by atoms with van der Waals surface area (Å²) >= 11 is 0. The van der Waals surface area contributed by atoms with Gasteiger partial charge in [-0.05, 0) is 12.8 Å². The van der Waals surface area contributed by atoms with Gasteiger partial charge in [-0.3, -0.25) is 5.01 Å². The number of hydrazone groups is 1. The molecule has 0 bridgehead atoms. The Morgan fingerprint density at radius 2 is 2.62 bits per heavy atom. The van der Waals surface area contributed by atoms with Crippen LogP contribution in [0.2, 0.25) is 0 Å². The largest absolute Gasteiger partial charge is 0.294 e. The summed E-state index contributed by atoms with van der Waals surface area (Å²) in [5, 5.41) is 6.41. The van der Waals surface area contributed by atoms with E-state index >= 15 is 0 Å². The Kier molecular flexibility index (Phi) is 0.802. The molecule has 2 heteroatoms. The van der Waals surface area contributed by atoms with Crippen molar-refractivity contribution in [1.29, 1.82) is 0 Å². The fourth-order valence-electron chi connectivity index (χ4n) is 1.49. The van der Waals surface area contributed by atoms with Gasteiger partial charge in [0.2, 0.25) is 0 Å². The maximum atomic E-state index is 4.21. The summed E-state index contributed by atoms with van der Waals surface area (Å²) in [6.45, 7) is 1.20. The molecule has 8 heavy (non-hydrogen) atoms. The van der Waals surface area contributed by atoms with Crippen molar-refractivity contribution in [3.63, 3.8) is 0 Å². The van der Waals surface area contributed by atoms with Gasteiger partial charge in [-0.1, -0.05) is 0 Å². The van der Waals surface area contributed by atoms with E-state index in [4.69, 9.17) is 0 Å². The highest BCUT2D eigenvalue weighted by atomic mass is 15.5. The standard InChI is InChI=1S/C6H10N2/c1-2-6-3-4-7-8(6)5-1/h4,6H,1-3,5H2. The average molecular weight is 110 g/mol. The molecule has 2 nitrogen and oxygen atoms in total. The van der Waals surface area contributed by atoms with Gasteiger partial charge in [-0.15, -0.1) is 0 Å². The van der Waals surface area contributed by atoms with Gasteiger partial charge in [0.15, 0.2) is 0 Å². The van der Waals surface area contributed by atoms with Crippen molar-refractivity contribution in [2.75, 3.05) is 6.54 Å². The van der Waals surface area contributed by atoms with E-state index in [1.807, 2.05) is 6.21 Å². The van der Waals surface area contributed by atoms with Crippen LogP contribution in [0.3, 0.4) is 0 Å². The molecule has 2 aliphatic rings. The third-order valence-electron chi connectivity index (χ3n) is 1.95. The summed E-state index contributed by atoms with van der Waals surface area (Å²) < 4.78 is 0. The molecule has 0 N–H and O–H groups in total. The molecule has 0 aromatic heterocycles. The number of hydrogen-bond acceptors (Lipinski definition) is 2. The van der Waals surface area contributed by atoms with Gasteiger partial charge >= 0.3 is 0 Å². The van der Waals surface area contributed by atoms with Crippen molar-refractivity contribution < 1.29 is 0 Å². The fraction of sp³-hybridized carbons (Fsp3) is 0.833. The molecular formula is C6H10N2. The van der Waals surface area contributed by atoms with Crippen LogP contribution in [0.1, 0.15) is 19.3 Å². The molecule has 0 aliphatic carbocycles. The quantitative estimate of drug-likeness (QED) is 0.451. The summed E-state index contributed by atoms with van der Waals surface area (Å²) in [6.07, 6.45) is 5.94. The van der Waals surface area contributed by atoms with E-state index in [0.29, 0.717) is 0 Å². The number of hydrogen-bond donors (Lipinski definition) is 0. The van der Waals surface area contributed by atoms with Crippen molar-refractivity contribution in [3.05, 3.63) is 0 Å². The molecule has 1 fully saturated rings. The van der Waals surface area contributed by atoms with Crippen LogP contribution in [-0.2, 0) is 0 Å². The molecule has 0 aromatic rings. The monoisotopic (exact) mass is 110 g/mol. The second-order valence-corrected chi connectivity index (χ2v) is 2.49. The molecule has 1 atom stereocenters. The van der Waals surface area contributed by atoms with E-state index in [9.17, 15) is 0 Å². The Bertz CT molecular complexity index is 120. The first kappa shape index (κ1) is 4.36. The lowest BCUT2D eigenvalue weighted by atomic mass is 10.2. The molecule has 0 aromatic carbocycles. The van der Waals surface area contributed by atoms with Crippen molar-refractivity contribution in [3.8, 4) is 0 Å². The highest BCUT2D eigenvalue weighted by Crippen LogP contribution is 2.22. The summed E-state index contributed by atoms with van der Waals surface area (Å²) in [5.74, 6) is 0. The first-order valence-corrected chi connectivity index (χ1v) is 3.26. The number of rotatable bonds is 0. The van der Waals surface area contributed by atoms with E-state index in [2.05, 4.69) is 10.1 Å². The number of fused-ring (bicyclic) bond motifs is 1. The molecule has 2 heterocycles. The maximum Gasteiger partial charge on any atom is 0.0521 e. The van der Waals surface area contributed by atoms with Gasteiger partial charge in [0, 0.05) is 19.2 Å². The van der Waals surface area contributed by atoms with Gasteiger partial charge in [0.1, 0.15) is 0 Å². The topological polar surface area (TPSA) is 15.6 Å². The SMILES string of the molecule is C1=NN2CCCC2C1. The van der Waals surface area contributed by atoms with E-state index < -0.39 is 0 Å². The van der Waals surface area contributed by atoms with Crippen molar-refractivity contribution in [1.82, 2.24) is 5.01 Å². The summed E-state index contributed by atoms with van der Waals surface area (Å²) in [7, 11) is 0. The fourth-order valence-corrected chi connectivity index (χ4v) is 1.49. The number of nitrogens with zero attached hydrogens (tertiary/aromatic N) is 2.